The standard InChI is InChI=1S/C11H22N2O/c1-9-4-5-10(8-9)12-7-6-11(14)13(2)3/h9-10,12H,4-8H2,1-3H3. The number of carbonyl (C=O) groups excluding carboxylic acids is 1. The SMILES string of the molecule is CC1CCC(NCCC(=O)N(C)C)C1. The van der Waals surface area contributed by atoms with E-state index in [1.165, 1.54) is 19.3 Å². The van der Waals surface area contributed by atoms with Gasteiger partial charge in [0, 0.05) is 33.1 Å². The van der Waals surface area contributed by atoms with Crippen molar-refractivity contribution in [1.29, 1.82) is 0 Å². The fourth-order valence-electron chi connectivity index (χ4n) is 2.00. The van der Waals surface area contributed by atoms with Gasteiger partial charge in [-0.25, -0.2) is 0 Å². The van der Waals surface area contributed by atoms with Crippen LogP contribution in [-0.2, 0) is 4.79 Å². The molecule has 0 aromatic carbocycles. The Morgan fingerprint density at radius 1 is 1.43 bits per heavy atom. The van der Waals surface area contributed by atoms with Crippen molar-refractivity contribution < 1.29 is 4.79 Å². The van der Waals surface area contributed by atoms with Crippen LogP contribution in [0.2, 0.25) is 0 Å². The minimum Gasteiger partial charge on any atom is -0.349 e. The van der Waals surface area contributed by atoms with Gasteiger partial charge >= 0.3 is 0 Å². The molecule has 3 nitrogen and oxygen atoms in total. The van der Waals surface area contributed by atoms with Gasteiger partial charge in [-0.3, -0.25) is 4.79 Å². The third-order valence-electron chi connectivity index (χ3n) is 2.97. The Morgan fingerprint density at radius 3 is 2.64 bits per heavy atom. The van der Waals surface area contributed by atoms with Crippen LogP contribution in [-0.4, -0.2) is 37.5 Å². The fraction of sp³-hybridized carbons (Fsp3) is 0.909. The molecule has 1 N–H and O–H groups in total. The molecule has 0 heterocycles. The van der Waals surface area contributed by atoms with Crippen molar-refractivity contribution in [3.63, 3.8) is 0 Å². The van der Waals surface area contributed by atoms with Gasteiger partial charge in [0.1, 0.15) is 0 Å². The second-order valence-corrected chi connectivity index (χ2v) is 4.61. The lowest BCUT2D eigenvalue weighted by atomic mass is 10.1. The summed E-state index contributed by atoms with van der Waals surface area (Å²) in [5, 5.41) is 3.45. The minimum atomic E-state index is 0.212. The maximum atomic E-state index is 11.3. The molecule has 2 atom stereocenters. The van der Waals surface area contributed by atoms with Gasteiger partial charge < -0.3 is 10.2 Å². The Bertz CT molecular complexity index is 192. The summed E-state index contributed by atoms with van der Waals surface area (Å²) < 4.78 is 0. The van der Waals surface area contributed by atoms with Crippen molar-refractivity contribution in [2.45, 2.75) is 38.6 Å². The lowest BCUT2D eigenvalue weighted by Crippen LogP contribution is -2.31. The van der Waals surface area contributed by atoms with Crippen LogP contribution in [0.4, 0.5) is 0 Å². The molecular weight excluding hydrogens is 176 g/mol. The van der Waals surface area contributed by atoms with Crippen molar-refractivity contribution in [2.24, 2.45) is 5.92 Å². The third kappa shape index (κ3) is 3.66. The third-order valence-corrected chi connectivity index (χ3v) is 2.97. The molecule has 1 amide bonds. The zero-order chi connectivity index (χ0) is 10.6. The summed E-state index contributed by atoms with van der Waals surface area (Å²) in [4.78, 5) is 12.9. The van der Waals surface area contributed by atoms with E-state index in [2.05, 4.69) is 12.2 Å². The Hall–Kier alpha value is -0.570. The van der Waals surface area contributed by atoms with Crippen LogP contribution < -0.4 is 5.32 Å². The topological polar surface area (TPSA) is 32.3 Å². The van der Waals surface area contributed by atoms with Gasteiger partial charge in [0.15, 0.2) is 0 Å². The molecule has 82 valence electrons. The highest BCUT2D eigenvalue weighted by molar-refractivity contribution is 5.75. The van der Waals surface area contributed by atoms with Crippen molar-refractivity contribution in [1.82, 2.24) is 10.2 Å². The van der Waals surface area contributed by atoms with Crippen molar-refractivity contribution in [3.8, 4) is 0 Å². The maximum Gasteiger partial charge on any atom is 0.223 e. The predicted octanol–water partition coefficient (Wildman–Crippen LogP) is 1.24. The largest absolute Gasteiger partial charge is 0.349 e. The van der Waals surface area contributed by atoms with E-state index in [4.69, 9.17) is 0 Å². The van der Waals surface area contributed by atoms with Gasteiger partial charge in [0.25, 0.3) is 0 Å². The summed E-state index contributed by atoms with van der Waals surface area (Å²) in [6.07, 6.45) is 4.50. The average Bonchev–Trinajstić information content (AvgIpc) is 2.51. The second-order valence-electron chi connectivity index (χ2n) is 4.61. The quantitative estimate of drug-likeness (QED) is 0.737. The van der Waals surface area contributed by atoms with Crippen molar-refractivity contribution in [2.75, 3.05) is 20.6 Å². The summed E-state index contributed by atoms with van der Waals surface area (Å²) in [5.74, 6) is 1.07. The summed E-state index contributed by atoms with van der Waals surface area (Å²) in [7, 11) is 3.61. The Labute approximate surface area is 86.9 Å². The Kier molecular flexibility index (Phi) is 4.39. The molecule has 0 bridgehead atoms. The van der Waals surface area contributed by atoms with Crippen LogP contribution in [0.3, 0.4) is 0 Å². The van der Waals surface area contributed by atoms with E-state index in [1.807, 2.05) is 0 Å². The molecule has 1 fully saturated rings. The molecule has 1 aliphatic rings. The molecule has 0 saturated heterocycles. The summed E-state index contributed by atoms with van der Waals surface area (Å²) in [6.45, 7) is 3.13. The highest BCUT2D eigenvalue weighted by Crippen LogP contribution is 2.24. The zero-order valence-electron chi connectivity index (χ0n) is 9.55. The first-order valence-corrected chi connectivity index (χ1v) is 5.53. The molecule has 1 rings (SSSR count). The smallest absolute Gasteiger partial charge is 0.223 e. The number of rotatable bonds is 4. The number of nitrogens with one attached hydrogen (secondary N) is 1. The first-order chi connectivity index (χ1) is 6.59. The summed E-state index contributed by atoms with van der Waals surface area (Å²) in [6, 6.07) is 0.653. The first-order valence-electron chi connectivity index (χ1n) is 5.53. The number of carbonyl (C=O) groups is 1. The molecule has 3 heteroatoms. The van der Waals surface area contributed by atoms with Crippen LogP contribution in [0.5, 0.6) is 0 Å². The molecule has 2 unspecified atom stereocenters. The summed E-state index contributed by atoms with van der Waals surface area (Å²) in [5.41, 5.74) is 0. The van der Waals surface area contributed by atoms with E-state index in [9.17, 15) is 4.79 Å². The van der Waals surface area contributed by atoms with E-state index in [-0.39, 0.29) is 5.91 Å². The molecule has 1 aliphatic carbocycles. The minimum absolute atomic E-state index is 0.212. The van der Waals surface area contributed by atoms with Gasteiger partial charge in [-0.15, -0.1) is 0 Å². The monoisotopic (exact) mass is 198 g/mol. The number of amides is 1. The van der Waals surface area contributed by atoms with Crippen molar-refractivity contribution >= 4 is 5.91 Å². The number of hydrogen-bond donors (Lipinski definition) is 1. The predicted molar refractivity (Wildman–Crippen MR) is 58.1 cm³/mol. The average molecular weight is 198 g/mol. The van der Waals surface area contributed by atoms with Gasteiger partial charge in [0.05, 0.1) is 0 Å². The van der Waals surface area contributed by atoms with Crippen molar-refractivity contribution in [3.05, 3.63) is 0 Å². The highest BCUT2D eigenvalue weighted by atomic mass is 16.2. The van der Waals surface area contributed by atoms with Gasteiger partial charge in [0.2, 0.25) is 5.91 Å². The van der Waals surface area contributed by atoms with Gasteiger partial charge in [-0.2, -0.15) is 0 Å². The normalized spacial score (nSPS) is 26.5. The molecule has 1 saturated carbocycles. The molecule has 0 spiro atoms. The lowest BCUT2D eigenvalue weighted by molar-refractivity contribution is -0.128. The van der Waals surface area contributed by atoms with Crippen LogP contribution in [0.1, 0.15) is 32.6 Å². The maximum absolute atomic E-state index is 11.3. The van der Waals surface area contributed by atoms with E-state index >= 15 is 0 Å². The Morgan fingerprint density at radius 2 is 2.14 bits per heavy atom. The van der Waals surface area contributed by atoms with E-state index in [1.54, 1.807) is 19.0 Å². The zero-order valence-corrected chi connectivity index (χ0v) is 9.55. The molecule has 0 aromatic rings. The lowest BCUT2D eigenvalue weighted by Gasteiger charge is -2.14. The van der Waals surface area contributed by atoms with Crippen LogP contribution in [0.15, 0.2) is 0 Å². The number of nitrogens with zero attached hydrogens (tertiary/aromatic N) is 1. The van der Waals surface area contributed by atoms with E-state index < -0.39 is 0 Å². The van der Waals surface area contributed by atoms with E-state index in [0.29, 0.717) is 12.5 Å². The van der Waals surface area contributed by atoms with Crippen LogP contribution >= 0.6 is 0 Å². The first kappa shape index (κ1) is 11.5. The number of hydrogen-bond acceptors (Lipinski definition) is 2. The molecule has 0 aromatic heterocycles. The van der Waals surface area contributed by atoms with Gasteiger partial charge in [-0.05, 0) is 25.2 Å². The molecular formula is C11H22N2O. The molecule has 0 radical (unpaired) electrons. The fourth-order valence-corrected chi connectivity index (χ4v) is 2.00. The Balaban J connectivity index is 2.07. The molecule has 14 heavy (non-hydrogen) atoms. The van der Waals surface area contributed by atoms with Crippen LogP contribution in [0.25, 0.3) is 0 Å². The summed E-state index contributed by atoms with van der Waals surface area (Å²) >= 11 is 0. The van der Waals surface area contributed by atoms with E-state index in [0.717, 1.165) is 12.5 Å². The van der Waals surface area contributed by atoms with Gasteiger partial charge in [-0.1, -0.05) is 6.92 Å². The second kappa shape index (κ2) is 5.35. The molecule has 0 aliphatic heterocycles. The highest BCUT2D eigenvalue weighted by Gasteiger charge is 2.20. The van der Waals surface area contributed by atoms with Crippen LogP contribution in [0, 0.1) is 5.92 Å².